The number of hydrogen-bond donors (Lipinski definition) is 2. The maximum Gasteiger partial charge on any atom is 0.189 e. The summed E-state index contributed by atoms with van der Waals surface area (Å²) in [5.41, 5.74) is 3.12. The van der Waals surface area contributed by atoms with E-state index in [0.29, 0.717) is 17.1 Å². The zero-order chi connectivity index (χ0) is 22.8. The van der Waals surface area contributed by atoms with Crippen molar-refractivity contribution in [3.05, 3.63) is 47.9 Å². The normalized spacial score (nSPS) is 10.3. The van der Waals surface area contributed by atoms with Gasteiger partial charge in [0, 0.05) is 17.0 Å². The van der Waals surface area contributed by atoms with Crippen molar-refractivity contribution < 1.29 is 3.89 Å². The van der Waals surface area contributed by atoms with E-state index >= 15 is 0 Å². The molecule has 2 aromatic heterocycles. The first-order valence-corrected chi connectivity index (χ1v) is 11.6. The van der Waals surface area contributed by atoms with Crippen LogP contribution in [-0.2, 0) is 0 Å². The molecule has 0 atom stereocenters. The molecule has 0 unspecified atom stereocenters. The molecule has 164 valence electrons. The molecule has 0 bridgehead atoms. The highest BCUT2D eigenvalue weighted by Crippen LogP contribution is 2.33. The summed E-state index contributed by atoms with van der Waals surface area (Å²) in [6.45, 7) is 10.1. The lowest BCUT2D eigenvalue weighted by Crippen LogP contribution is -2.02. The molecule has 0 aliphatic carbocycles. The second-order valence-electron chi connectivity index (χ2n) is 6.34. The van der Waals surface area contributed by atoms with Crippen LogP contribution in [-0.4, -0.2) is 24.9 Å². The monoisotopic (exact) mass is 459 g/mol. The molecule has 0 spiro atoms. The fraction of sp³-hybridized carbons (Fsp3) is 0.333. The fourth-order valence-corrected chi connectivity index (χ4v) is 3.31. The zero-order valence-electron chi connectivity index (χ0n) is 18.2. The minimum Gasteiger partial charge on any atom is -0.330 e. The predicted molar refractivity (Wildman–Crippen MR) is 129 cm³/mol. The van der Waals surface area contributed by atoms with Crippen molar-refractivity contribution in [2.45, 2.75) is 40.5 Å². The van der Waals surface area contributed by atoms with Crippen molar-refractivity contribution in [3.63, 3.8) is 0 Å². The van der Waals surface area contributed by atoms with Gasteiger partial charge in [0.1, 0.15) is 23.1 Å². The second kappa shape index (κ2) is 12.2. The van der Waals surface area contributed by atoms with Crippen LogP contribution in [0.4, 0.5) is 21.2 Å². The van der Waals surface area contributed by atoms with Gasteiger partial charge in [0.25, 0.3) is 0 Å². The second-order valence-corrected chi connectivity index (χ2v) is 7.90. The molecule has 2 heterocycles. The number of nitriles is 1. The summed E-state index contributed by atoms with van der Waals surface area (Å²) in [7, 11) is 0. The van der Waals surface area contributed by atoms with Crippen molar-refractivity contribution in [1.29, 1.82) is 5.26 Å². The molecule has 0 amide bonds. The van der Waals surface area contributed by atoms with E-state index in [1.807, 2.05) is 52.0 Å². The highest BCUT2D eigenvalue weighted by Gasteiger charge is 2.21. The molecule has 10 heteroatoms. The molecule has 3 aromatic rings. The van der Waals surface area contributed by atoms with Gasteiger partial charge in [-0.15, -0.1) is 3.89 Å². The number of hydrogen-bond acceptors (Lipinski definition) is 8. The van der Waals surface area contributed by atoms with Crippen LogP contribution >= 0.6 is 24.3 Å². The molecule has 1 aromatic carbocycles. The third kappa shape index (κ3) is 6.12. The molecule has 0 aliphatic heterocycles. The Kier molecular flexibility index (Phi) is 9.62. The van der Waals surface area contributed by atoms with E-state index in [-0.39, 0.29) is 29.6 Å². The lowest BCUT2D eigenvalue weighted by Gasteiger charge is -2.08. The van der Waals surface area contributed by atoms with Gasteiger partial charge in [0.15, 0.2) is 18.2 Å². The maximum atomic E-state index is 13.5. The van der Waals surface area contributed by atoms with Crippen LogP contribution in [0.25, 0.3) is 11.3 Å². The quantitative estimate of drug-likeness (QED) is 0.366. The lowest BCUT2D eigenvalue weighted by molar-refractivity contribution is 0.812. The number of rotatable bonds is 8. The van der Waals surface area contributed by atoms with Crippen LogP contribution in [0.2, 0.25) is 0 Å². The zero-order valence-corrected chi connectivity index (χ0v) is 19.8. The number of nitrogens with one attached hydrogen (secondary N) is 2. The summed E-state index contributed by atoms with van der Waals surface area (Å²) in [6.07, 6.45) is 3.21. The number of halogens is 1. The Morgan fingerprint density at radius 3 is 2.39 bits per heavy atom. The Hall–Kier alpha value is -2.77. The predicted octanol–water partition coefficient (Wildman–Crippen LogP) is 6.57. The first kappa shape index (κ1) is 24.5. The number of nitrogens with zero attached hydrogens (tertiary/aromatic N) is 5. The van der Waals surface area contributed by atoms with Crippen molar-refractivity contribution in [2.75, 3.05) is 15.8 Å². The van der Waals surface area contributed by atoms with Gasteiger partial charge in [-0.1, -0.05) is 58.7 Å². The number of aromatic nitrogens is 4. The molecule has 31 heavy (non-hydrogen) atoms. The third-order valence-corrected chi connectivity index (χ3v) is 5.10. The van der Waals surface area contributed by atoms with Gasteiger partial charge in [0.2, 0.25) is 0 Å². The molecule has 0 saturated carbocycles. The first-order valence-electron chi connectivity index (χ1n) is 9.96. The van der Waals surface area contributed by atoms with Crippen LogP contribution in [0.3, 0.4) is 0 Å². The fourth-order valence-electron chi connectivity index (χ4n) is 2.54. The molecule has 0 fully saturated rings. The largest absolute Gasteiger partial charge is 0.330 e. The average Bonchev–Trinajstić information content (AvgIpc) is 3.17. The average molecular weight is 460 g/mol. The summed E-state index contributed by atoms with van der Waals surface area (Å²) < 4.78 is 17.8. The molecular formula is C21H26FN7S2. The Morgan fingerprint density at radius 2 is 1.87 bits per heavy atom. The third-order valence-electron chi connectivity index (χ3n) is 4.04. The van der Waals surface area contributed by atoms with Gasteiger partial charge in [-0.3, -0.25) is 4.98 Å². The van der Waals surface area contributed by atoms with Gasteiger partial charge in [-0.2, -0.15) is 14.4 Å². The molecule has 3 rings (SSSR count). The van der Waals surface area contributed by atoms with Crippen molar-refractivity contribution in [1.82, 2.24) is 19.2 Å². The Balaban J connectivity index is 0.00000166. The van der Waals surface area contributed by atoms with Crippen molar-refractivity contribution in [3.8, 4) is 17.3 Å². The van der Waals surface area contributed by atoms with E-state index in [2.05, 4.69) is 38.1 Å². The van der Waals surface area contributed by atoms with E-state index in [1.54, 1.807) is 24.3 Å². The van der Waals surface area contributed by atoms with Gasteiger partial charge in [-0.25, -0.2) is 4.98 Å². The summed E-state index contributed by atoms with van der Waals surface area (Å²) >= 11 is 1.50. The molecule has 0 aliphatic rings. The molecule has 0 saturated heterocycles. The highest BCUT2D eigenvalue weighted by atomic mass is 32.2. The first-order chi connectivity index (χ1) is 15.1. The van der Waals surface area contributed by atoms with E-state index < -0.39 is 0 Å². The Labute approximate surface area is 191 Å². The van der Waals surface area contributed by atoms with Gasteiger partial charge in [0.05, 0.1) is 18.1 Å². The number of anilines is 3. The SMILES string of the molecule is CC.CCSNc1ccc(-c2nn(SF)c(Nc3cnc(C(C)C)cn3)c2C#N)cc1. The van der Waals surface area contributed by atoms with Crippen LogP contribution in [0.15, 0.2) is 36.7 Å². The van der Waals surface area contributed by atoms with Crippen LogP contribution in [0.1, 0.15) is 51.8 Å². The highest BCUT2D eigenvalue weighted by molar-refractivity contribution is 8.00. The summed E-state index contributed by atoms with van der Waals surface area (Å²) in [4.78, 5) is 8.64. The van der Waals surface area contributed by atoms with Crippen LogP contribution in [0.5, 0.6) is 0 Å². The molecular weight excluding hydrogens is 433 g/mol. The maximum absolute atomic E-state index is 13.5. The van der Waals surface area contributed by atoms with Gasteiger partial charge < -0.3 is 10.0 Å². The van der Waals surface area contributed by atoms with Crippen LogP contribution in [0, 0.1) is 11.3 Å². The van der Waals surface area contributed by atoms with E-state index in [0.717, 1.165) is 21.2 Å². The molecule has 7 nitrogen and oxygen atoms in total. The van der Waals surface area contributed by atoms with Crippen molar-refractivity contribution >= 4 is 41.6 Å². The summed E-state index contributed by atoms with van der Waals surface area (Å²) in [5, 5.41) is 16.9. The smallest absolute Gasteiger partial charge is 0.189 e. The lowest BCUT2D eigenvalue weighted by atomic mass is 10.1. The standard InChI is InChI=1S/C19H20FN7S2.C2H6/c1-4-28-26-14-7-5-13(6-8-14)18-15(9-21)19(27(25-18)29-20)24-17-11-22-16(10-23-17)12(2)3;1-2/h5-8,10-12,26H,4H2,1-3H3,(H,23,24);1-2H3. The van der Waals surface area contributed by atoms with Crippen molar-refractivity contribution in [2.24, 2.45) is 0 Å². The van der Waals surface area contributed by atoms with E-state index in [9.17, 15) is 9.15 Å². The summed E-state index contributed by atoms with van der Waals surface area (Å²) in [5.74, 6) is 1.81. The molecule has 2 N–H and O–H groups in total. The van der Waals surface area contributed by atoms with Crippen LogP contribution < -0.4 is 10.0 Å². The minimum absolute atomic E-state index is 0.0899. The van der Waals surface area contributed by atoms with E-state index in [1.165, 1.54) is 0 Å². The van der Waals surface area contributed by atoms with Gasteiger partial charge in [-0.05, 0) is 18.1 Å². The van der Waals surface area contributed by atoms with E-state index in [4.69, 9.17) is 0 Å². The number of benzene rings is 1. The molecule has 0 radical (unpaired) electrons. The summed E-state index contributed by atoms with van der Waals surface area (Å²) in [6, 6.07) is 9.59. The topological polar surface area (TPSA) is 91.4 Å². The minimum atomic E-state index is -0.0899. The van der Waals surface area contributed by atoms with Gasteiger partial charge >= 0.3 is 0 Å². The Bertz CT molecular complexity index is 996. The Morgan fingerprint density at radius 1 is 1.16 bits per heavy atom.